The summed E-state index contributed by atoms with van der Waals surface area (Å²) < 4.78 is 5.42. The second kappa shape index (κ2) is 5.88. The highest BCUT2D eigenvalue weighted by Gasteiger charge is 2.44. The van der Waals surface area contributed by atoms with E-state index in [-0.39, 0.29) is 6.04 Å². The Balaban J connectivity index is 1.81. The third kappa shape index (κ3) is 2.80. The molecule has 0 aromatic heterocycles. The van der Waals surface area contributed by atoms with Crippen LogP contribution in [0.15, 0.2) is 48.5 Å². The molecule has 0 heterocycles. The molecule has 3 unspecified atom stereocenters. The first-order valence-corrected chi connectivity index (χ1v) is 7.40. The summed E-state index contributed by atoms with van der Waals surface area (Å²) >= 11 is 0. The van der Waals surface area contributed by atoms with E-state index in [1.165, 1.54) is 17.5 Å². The summed E-state index contributed by atoms with van der Waals surface area (Å²) in [5.74, 6) is 7.89. The minimum atomic E-state index is 0.171. The van der Waals surface area contributed by atoms with Crippen LogP contribution in [0.4, 0.5) is 0 Å². The van der Waals surface area contributed by atoms with Gasteiger partial charge in [0, 0.05) is 6.04 Å². The molecular formula is C18H22N2O. The third-order valence-corrected chi connectivity index (χ3v) is 4.47. The van der Waals surface area contributed by atoms with Gasteiger partial charge in [0.15, 0.2) is 0 Å². The van der Waals surface area contributed by atoms with Crippen molar-refractivity contribution in [3.05, 3.63) is 65.2 Å². The lowest BCUT2D eigenvalue weighted by molar-refractivity contribution is 0.408. The van der Waals surface area contributed by atoms with Crippen molar-refractivity contribution in [1.29, 1.82) is 0 Å². The number of hydrogen-bond donors (Lipinski definition) is 2. The summed E-state index contributed by atoms with van der Waals surface area (Å²) in [5.41, 5.74) is 6.74. The van der Waals surface area contributed by atoms with Gasteiger partial charge in [-0.2, -0.15) is 0 Å². The molecule has 110 valence electrons. The van der Waals surface area contributed by atoms with Gasteiger partial charge in [-0.3, -0.25) is 11.3 Å². The van der Waals surface area contributed by atoms with Gasteiger partial charge in [0.05, 0.1) is 7.11 Å². The Morgan fingerprint density at radius 2 is 1.95 bits per heavy atom. The van der Waals surface area contributed by atoms with Crippen LogP contribution in [0.25, 0.3) is 0 Å². The van der Waals surface area contributed by atoms with Crippen LogP contribution < -0.4 is 16.0 Å². The molecule has 0 aliphatic heterocycles. The lowest BCUT2D eigenvalue weighted by Gasteiger charge is -2.18. The number of methoxy groups -OCH3 is 1. The average Bonchev–Trinajstić information content (AvgIpc) is 3.31. The average molecular weight is 282 g/mol. The summed E-state index contributed by atoms with van der Waals surface area (Å²) in [6.45, 7) is 2.05. The molecule has 1 aliphatic rings. The molecule has 0 spiro atoms. The maximum absolute atomic E-state index is 5.82. The molecule has 3 heteroatoms. The second-order valence-corrected chi connectivity index (χ2v) is 5.79. The van der Waals surface area contributed by atoms with Gasteiger partial charge in [0.1, 0.15) is 5.75 Å². The predicted molar refractivity (Wildman–Crippen MR) is 85.1 cm³/mol. The highest BCUT2D eigenvalue weighted by atomic mass is 16.5. The fourth-order valence-electron chi connectivity index (χ4n) is 3.16. The lowest BCUT2D eigenvalue weighted by Crippen LogP contribution is -2.29. The molecule has 3 rings (SSSR count). The number of hydrogen-bond acceptors (Lipinski definition) is 3. The van der Waals surface area contributed by atoms with Crippen LogP contribution in [-0.4, -0.2) is 7.11 Å². The fraction of sp³-hybridized carbons (Fsp3) is 0.333. The number of ether oxygens (including phenoxy) is 1. The molecule has 1 fully saturated rings. The third-order valence-electron chi connectivity index (χ3n) is 4.47. The molecule has 2 aromatic carbocycles. The van der Waals surface area contributed by atoms with Gasteiger partial charge in [-0.25, -0.2) is 0 Å². The van der Waals surface area contributed by atoms with Crippen LogP contribution in [0.1, 0.15) is 35.1 Å². The van der Waals surface area contributed by atoms with Crippen molar-refractivity contribution in [3.63, 3.8) is 0 Å². The minimum Gasteiger partial charge on any atom is -0.496 e. The van der Waals surface area contributed by atoms with E-state index in [9.17, 15) is 0 Å². The zero-order valence-corrected chi connectivity index (χ0v) is 12.5. The van der Waals surface area contributed by atoms with Gasteiger partial charge in [-0.05, 0) is 47.9 Å². The molecule has 1 aliphatic carbocycles. The van der Waals surface area contributed by atoms with Gasteiger partial charge in [0.25, 0.3) is 0 Å². The number of hydrazine groups is 1. The predicted octanol–water partition coefficient (Wildman–Crippen LogP) is 3.31. The minimum absolute atomic E-state index is 0.171. The van der Waals surface area contributed by atoms with Crippen molar-refractivity contribution in [3.8, 4) is 5.75 Å². The van der Waals surface area contributed by atoms with Gasteiger partial charge in [-0.1, -0.05) is 42.5 Å². The number of aryl methyl sites for hydroxylation is 1. The van der Waals surface area contributed by atoms with Crippen molar-refractivity contribution in [2.75, 3.05) is 7.11 Å². The normalized spacial score (nSPS) is 21.9. The Morgan fingerprint density at radius 1 is 1.19 bits per heavy atom. The van der Waals surface area contributed by atoms with Crippen LogP contribution in [0, 0.1) is 12.8 Å². The first-order valence-electron chi connectivity index (χ1n) is 7.40. The zero-order chi connectivity index (χ0) is 14.8. The van der Waals surface area contributed by atoms with Gasteiger partial charge < -0.3 is 4.74 Å². The second-order valence-electron chi connectivity index (χ2n) is 5.79. The van der Waals surface area contributed by atoms with Gasteiger partial charge in [0.2, 0.25) is 0 Å². The number of benzene rings is 2. The number of nitrogens with two attached hydrogens (primary N) is 1. The van der Waals surface area contributed by atoms with Crippen LogP contribution in [0.5, 0.6) is 5.75 Å². The molecular weight excluding hydrogens is 260 g/mol. The number of nitrogens with one attached hydrogen (secondary N) is 1. The lowest BCUT2D eigenvalue weighted by atomic mass is 9.98. The molecule has 0 saturated heterocycles. The van der Waals surface area contributed by atoms with Crippen molar-refractivity contribution in [1.82, 2.24) is 5.43 Å². The molecule has 0 bridgehead atoms. The topological polar surface area (TPSA) is 47.3 Å². The summed E-state index contributed by atoms with van der Waals surface area (Å²) in [5, 5.41) is 0. The summed E-state index contributed by atoms with van der Waals surface area (Å²) in [6, 6.07) is 17.2. The molecule has 0 amide bonds. The zero-order valence-electron chi connectivity index (χ0n) is 12.5. The van der Waals surface area contributed by atoms with E-state index in [1.807, 2.05) is 0 Å². The highest BCUT2D eigenvalue weighted by Crippen LogP contribution is 2.54. The van der Waals surface area contributed by atoms with E-state index in [0.29, 0.717) is 11.8 Å². The Morgan fingerprint density at radius 3 is 2.62 bits per heavy atom. The monoisotopic (exact) mass is 282 g/mol. The summed E-state index contributed by atoms with van der Waals surface area (Å²) in [7, 11) is 1.71. The Hall–Kier alpha value is -1.84. The van der Waals surface area contributed by atoms with E-state index in [0.717, 1.165) is 11.3 Å². The van der Waals surface area contributed by atoms with Crippen LogP contribution in [0.3, 0.4) is 0 Å². The van der Waals surface area contributed by atoms with Crippen molar-refractivity contribution < 1.29 is 4.74 Å². The van der Waals surface area contributed by atoms with E-state index in [4.69, 9.17) is 10.6 Å². The smallest absolute Gasteiger partial charge is 0.122 e. The molecule has 3 atom stereocenters. The van der Waals surface area contributed by atoms with E-state index >= 15 is 0 Å². The van der Waals surface area contributed by atoms with Crippen LogP contribution in [0.2, 0.25) is 0 Å². The highest BCUT2D eigenvalue weighted by molar-refractivity contribution is 5.39. The van der Waals surface area contributed by atoms with Gasteiger partial charge >= 0.3 is 0 Å². The Labute approximate surface area is 126 Å². The molecule has 0 radical (unpaired) electrons. The fourth-order valence-corrected chi connectivity index (χ4v) is 3.16. The first-order chi connectivity index (χ1) is 10.2. The SMILES string of the molecule is COc1cc(C(NN)C2CC2c2ccccc2)ccc1C. The van der Waals surface area contributed by atoms with Crippen LogP contribution in [-0.2, 0) is 0 Å². The molecule has 2 aromatic rings. The van der Waals surface area contributed by atoms with E-state index in [1.54, 1.807) is 7.11 Å². The van der Waals surface area contributed by atoms with Crippen molar-refractivity contribution in [2.45, 2.75) is 25.3 Å². The molecule has 3 N–H and O–H groups in total. The van der Waals surface area contributed by atoms with E-state index in [2.05, 4.69) is 60.9 Å². The van der Waals surface area contributed by atoms with E-state index < -0.39 is 0 Å². The molecule has 21 heavy (non-hydrogen) atoms. The molecule has 3 nitrogen and oxygen atoms in total. The summed E-state index contributed by atoms with van der Waals surface area (Å²) in [4.78, 5) is 0. The standard InChI is InChI=1S/C18H22N2O/c1-12-8-9-14(10-17(12)21-2)18(20-19)16-11-15(16)13-6-4-3-5-7-13/h3-10,15-16,18,20H,11,19H2,1-2H3. The van der Waals surface area contributed by atoms with Gasteiger partial charge in [-0.15, -0.1) is 0 Å². The summed E-state index contributed by atoms with van der Waals surface area (Å²) in [6.07, 6.45) is 1.18. The maximum atomic E-state index is 5.82. The van der Waals surface area contributed by atoms with Crippen LogP contribution >= 0.6 is 0 Å². The largest absolute Gasteiger partial charge is 0.496 e. The Kier molecular flexibility index (Phi) is 3.95. The molecule has 1 saturated carbocycles. The Bertz CT molecular complexity index is 612. The quantitative estimate of drug-likeness (QED) is 0.653. The number of rotatable bonds is 5. The van der Waals surface area contributed by atoms with Crippen molar-refractivity contribution >= 4 is 0 Å². The first kappa shape index (κ1) is 14.1. The maximum Gasteiger partial charge on any atom is 0.122 e. The van der Waals surface area contributed by atoms with Crippen molar-refractivity contribution in [2.24, 2.45) is 11.8 Å².